The van der Waals surface area contributed by atoms with Crippen molar-refractivity contribution in [3.05, 3.63) is 12.3 Å². The minimum atomic E-state index is -1.09. The minimum Gasteiger partial charge on any atom is -0.500 e. The summed E-state index contributed by atoms with van der Waals surface area (Å²) in [5, 5.41) is 8.28. The highest BCUT2D eigenvalue weighted by molar-refractivity contribution is 5.85. The first-order valence-corrected chi connectivity index (χ1v) is 3.15. The molecule has 0 aliphatic rings. The third-order valence-corrected chi connectivity index (χ3v) is 0.903. The molecule has 0 aromatic heterocycles. The molecule has 0 radical (unpaired) electrons. The predicted octanol–water partition coefficient (Wildman–Crippen LogP) is -0.691. The molecule has 0 aromatic carbocycles. The Kier molecular flexibility index (Phi) is 9.56. The van der Waals surface area contributed by atoms with Gasteiger partial charge in [0.25, 0.3) is 0 Å². The highest BCUT2D eigenvalue weighted by Crippen LogP contribution is 1.83. The van der Waals surface area contributed by atoms with Gasteiger partial charge < -0.3 is 21.3 Å². The van der Waals surface area contributed by atoms with Crippen LogP contribution in [0.1, 0.15) is 0 Å². The van der Waals surface area contributed by atoms with Crippen LogP contribution in [0.3, 0.4) is 0 Å². The highest BCUT2D eigenvalue weighted by atomic mass is 35.5. The second kappa shape index (κ2) is 8.32. The first-order chi connectivity index (χ1) is 5.18. The number of halogens is 1. The summed E-state index contributed by atoms with van der Waals surface area (Å²) in [5.74, 6) is -1.09. The summed E-state index contributed by atoms with van der Waals surface area (Å²) in [6.07, 6.45) is 2.49. The van der Waals surface area contributed by atoms with E-state index in [0.717, 1.165) is 0 Å². The molecule has 0 aliphatic heterocycles. The summed E-state index contributed by atoms with van der Waals surface area (Å²) in [6, 6.07) is -1.01. The Morgan fingerprint density at radius 1 is 1.67 bits per heavy atom. The maximum absolute atomic E-state index is 10.1. The summed E-state index contributed by atoms with van der Waals surface area (Å²) >= 11 is 0. The van der Waals surface area contributed by atoms with Crippen molar-refractivity contribution in [1.29, 1.82) is 0 Å². The van der Waals surface area contributed by atoms with Crippen molar-refractivity contribution in [3.8, 4) is 0 Å². The van der Waals surface area contributed by atoms with Gasteiger partial charge in [-0.3, -0.25) is 4.79 Å². The van der Waals surface area contributed by atoms with Gasteiger partial charge in [0.05, 0.1) is 12.9 Å². The van der Waals surface area contributed by atoms with Crippen molar-refractivity contribution in [2.45, 2.75) is 6.04 Å². The topological polar surface area (TPSA) is 98.6 Å². The van der Waals surface area contributed by atoms with Crippen LogP contribution in [-0.4, -0.2) is 30.3 Å². The van der Waals surface area contributed by atoms with Crippen molar-refractivity contribution in [2.75, 3.05) is 13.2 Å². The minimum absolute atomic E-state index is 0. The van der Waals surface area contributed by atoms with E-state index >= 15 is 0 Å². The van der Waals surface area contributed by atoms with Crippen molar-refractivity contribution in [3.63, 3.8) is 0 Å². The second-order valence-electron chi connectivity index (χ2n) is 1.85. The molecule has 5 nitrogen and oxygen atoms in total. The van der Waals surface area contributed by atoms with Crippen LogP contribution in [0, 0.1) is 0 Å². The van der Waals surface area contributed by atoms with Crippen LogP contribution in [0.15, 0.2) is 12.3 Å². The Labute approximate surface area is 76.8 Å². The number of carboxylic acids is 1. The monoisotopic (exact) mass is 196 g/mol. The lowest BCUT2D eigenvalue weighted by molar-refractivity contribution is -0.137. The number of carboxylic acid groups (broad SMARTS) is 1. The van der Waals surface area contributed by atoms with Crippen LogP contribution in [0.2, 0.25) is 0 Å². The molecule has 0 amide bonds. The maximum Gasteiger partial charge on any atom is 0.324 e. The summed E-state index contributed by atoms with van der Waals surface area (Å²) in [6.45, 7) is 0.759. The fourth-order valence-electron chi connectivity index (χ4n) is 0.359. The van der Waals surface area contributed by atoms with E-state index in [1.54, 1.807) is 0 Å². The van der Waals surface area contributed by atoms with Gasteiger partial charge in [-0.2, -0.15) is 0 Å². The van der Waals surface area contributed by atoms with Gasteiger partial charge in [0.2, 0.25) is 0 Å². The van der Waals surface area contributed by atoms with E-state index in [-0.39, 0.29) is 12.4 Å². The number of ether oxygens (including phenoxy) is 1. The fraction of sp³-hybridized carbons (Fsp3) is 0.500. The molecule has 0 saturated heterocycles. The molecule has 6 heteroatoms. The largest absolute Gasteiger partial charge is 0.500 e. The normalized spacial score (nSPS) is 12.2. The van der Waals surface area contributed by atoms with Crippen LogP contribution < -0.4 is 11.5 Å². The van der Waals surface area contributed by atoms with Crippen molar-refractivity contribution >= 4 is 18.4 Å². The predicted molar refractivity (Wildman–Crippen MR) is 47.0 cm³/mol. The van der Waals surface area contributed by atoms with Crippen LogP contribution in [-0.2, 0) is 9.53 Å². The summed E-state index contributed by atoms with van der Waals surface area (Å²) in [7, 11) is 0. The van der Waals surface area contributed by atoms with Gasteiger partial charge in [0.1, 0.15) is 6.04 Å². The number of hydrogen-bond donors (Lipinski definition) is 3. The van der Waals surface area contributed by atoms with E-state index in [1.807, 2.05) is 0 Å². The van der Waals surface area contributed by atoms with Crippen LogP contribution in [0.25, 0.3) is 0 Å². The smallest absolute Gasteiger partial charge is 0.324 e. The molecule has 0 aromatic rings. The average molecular weight is 197 g/mol. The molecule has 12 heavy (non-hydrogen) atoms. The lowest BCUT2D eigenvalue weighted by Crippen LogP contribution is -2.27. The molecule has 0 heterocycles. The number of carbonyl (C=O) groups is 1. The first kappa shape index (κ1) is 13.8. The lowest BCUT2D eigenvalue weighted by atomic mass is 10.3. The Morgan fingerprint density at radius 2 is 2.25 bits per heavy atom. The summed E-state index contributed by atoms with van der Waals surface area (Å²) < 4.78 is 4.75. The first-order valence-electron chi connectivity index (χ1n) is 3.15. The Balaban J connectivity index is 0. The quantitative estimate of drug-likeness (QED) is 0.399. The molecule has 0 fully saturated rings. The van der Waals surface area contributed by atoms with E-state index in [4.69, 9.17) is 21.3 Å². The van der Waals surface area contributed by atoms with Crippen LogP contribution in [0.5, 0.6) is 0 Å². The van der Waals surface area contributed by atoms with E-state index in [1.165, 1.54) is 12.3 Å². The molecule has 0 aliphatic carbocycles. The number of nitrogens with two attached hydrogens (primary N) is 2. The molecule has 5 N–H and O–H groups in total. The molecule has 0 rings (SSSR count). The van der Waals surface area contributed by atoms with Crippen molar-refractivity contribution in [1.82, 2.24) is 0 Å². The molecule has 0 bridgehead atoms. The number of rotatable bonds is 5. The van der Waals surface area contributed by atoms with Gasteiger partial charge in [-0.25, -0.2) is 0 Å². The third-order valence-electron chi connectivity index (χ3n) is 0.903. The molecule has 0 saturated carbocycles. The van der Waals surface area contributed by atoms with Gasteiger partial charge in [-0.1, -0.05) is 0 Å². The lowest BCUT2D eigenvalue weighted by Gasteiger charge is -1.98. The molecule has 0 spiro atoms. The zero-order valence-corrected chi connectivity index (χ0v) is 7.29. The van der Waals surface area contributed by atoms with Crippen LogP contribution in [0.4, 0.5) is 0 Å². The van der Waals surface area contributed by atoms with Crippen LogP contribution >= 0.6 is 12.4 Å². The standard InChI is InChI=1S/C6H12N2O3.ClH/c7-2-4-11-3-1-5(8)6(9)10;/h1,3,5H,2,4,7-8H2,(H,9,10);1H/b3-1-;. The number of hydrogen-bond acceptors (Lipinski definition) is 4. The summed E-state index contributed by atoms with van der Waals surface area (Å²) in [4.78, 5) is 10.1. The van der Waals surface area contributed by atoms with Crippen molar-refractivity contribution in [2.24, 2.45) is 11.5 Å². The molecule has 72 valence electrons. The maximum atomic E-state index is 10.1. The van der Waals surface area contributed by atoms with E-state index in [0.29, 0.717) is 13.2 Å². The number of aliphatic carboxylic acids is 1. The SMILES string of the molecule is Cl.NCCO/C=C\C(N)C(=O)O. The molecule has 1 unspecified atom stereocenters. The second-order valence-corrected chi connectivity index (χ2v) is 1.85. The van der Waals surface area contributed by atoms with Gasteiger partial charge >= 0.3 is 5.97 Å². The van der Waals surface area contributed by atoms with Gasteiger partial charge in [0, 0.05) is 6.54 Å². The molecular weight excluding hydrogens is 184 g/mol. The Morgan fingerprint density at radius 3 is 2.67 bits per heavy atom. The molecule has 1 atom stereocenters. The highest BCUT2D eigenvalue weighted by Gasteiger charge is 2.05. The third kappa shape index (κ3) is 7.33. The van der Waals surface area contributed by atoms with E-state index in [2.05, 4.69) is 0 Å². The van der Waals surface area contributed by atoms with E-state index < -0.39 is 12.0 Å². The summed E-state index contributed by atoms with van der Waals surface area (Å²) in [5.41, 5.74) is 10.2. The average Bonchev–Trinajstić information content (AvgIpc) is 1.97. The van der Waals surface area contributed by atoms with Gasteiger partial charge in [-0.05, 0) is 6.08 Å². The Hall–Kier alpha value is -0.780. The zero-order valence-electron chi connectivity index (χ0n) is 6.47. The zero-order chi connectivity index (χ0) is 8.69. The van der Waals surface area contributed by atoms with Gasteiger partial charge in [0.15, 0.2) is 0 Å². The van der Waals surface area contributed by atoms with Crippen molar-refractivity contribution < 1.29 is 14.6 Å². The van der Waals surface area contributed by atoms with Gasteiger partial charge in [-0.15, -0.1) is 12.4 Å². The fourth-order valence-corrected chi connectivity index (χ4v) is 0.359. The van der Waals surface area contributed by atoms with E-state index in [9.17, 15) is 4.79 Å². The Bertz CT molecular complexity index is 152. The molecular formula is C6H13ClN2O3.